The summed E-state index contributed by atoms with van der Waals surface area (Å²) in [5.41, 5.74) is 8.92. The quantitative estimate of drug-likeness (QED) is 0.411. The van der Waals surface area contributed by atoms with E-state index in [0.717, 1.165) is 5.69 Å². The van der Waals surface area contributed by atoms with Crippen LogP contribution in [0.1, 0.15) is 29.8 Å². The van der Waals surface area contributed by atoms with Gasteiger partial charge in [-0.25, -0.2) is 18.7 Å². The number of anilines is 1. The molecule has 0 aliphatic heterocycles. The van der Waals surface area contributed by atoms with Crippen LogP contribution >= 0.6 is 0 Å². The Labute approximate surface area is 199 Å². The number of fused-ring (bicyclic) bond motifs is 3. The van der Waals surface area contributed by atoms with Crippen LogP contribution in [0.2, 0.25) is 0 Å². The Morgan fingerprint density at radius 2 is 1.91 bits per heavy atom. The Kier molecular flexibility index (Phi) is 5.43. The molecule has 3 heterocycles. The monoisotopic (exact) mass is 475 g/mol. The molecule has 178 valence electrons. The van der Waals surface area contributed by atoms with Crippen molar-refractivity contribution in [3.63, 3.8) is 0 Å². The van der Waals surface area contributed by atoms with Gasteiger partial charge in [-0.3, -0.25) is 13.9 Å². The summed E-state index contributed by atoms with van der Waals surface area (Å²) >= 11 is 0. The van der Waals surface area contributed by atoms with Gasteiger partial charge in [0.1, 0.15) is 23.0 Å². The summed E-state index contributed by atoms with van der Waals surface area (Å²) in [6.07, 6.45) is 4.71. The van der Waals surface area contributed by atoms with Crippen molar-refractivity contribution in [2.45, 2.75) is 26.4 Å². The number of rotatable bonds is 5. The second-order valence-corrected chi connectivity index (χ2v) is 8.64. The minimum absolute atomic E-state index is 0.0219. The third kappa shape index (κ3) is 3.86. The van der Waals surface area contributed by atoms with Crippen LogP contribution in [0.15, 0.2) is 55.1 Å². The lowest BCUT2D eigenvalue weighted by molar-refractivity contribution is 0.0684. The Morgan fingerprint density at radius 3 is 2.60 bits per heavy atom. The van der Waals surface area contributed by atoms with E-state index in [-0.39, 0.29) is 24.0 Å². The first-order valence-electron chi connectivity index (χ1n) is 11.0. The van der Waals surface area contributed by atoms with E-state index in [1.165, 1.54) is 29.4 Å². The predicted molar refractivity (Wildman–Crippen MR) is 128 cm³/mol. The first kappa shape index (κ1) is 22.5. The molecule has 2 aromatic carbocycles. The fourth-order valence-corrected chi connectivity index (χ4v) is 4.18. The fourth-order valence-electron chi connectivity index (χ4n) is 4.18. The highest BCUT2D eigenvalue weighted by Gasteiger charge is 2.25. The van der Waals surface area contributed by atoms with Gasteiger partial charge in [0.2, 0.25) is 0 Å². The lowest BCUT2D eigenvalue weighted by Gasteiger charge is -2.27. The van der Waals surface area contributed by atoms with Crippen molar-refractivity contribution >= 4 is 28.3 Å². The molecular formula is C25H23F2N7O. The number of carbonyl (C=O) groups excluding carboxylic acids is 1. The van der Waals surface area contributed by atoms with Crippen molar-refractivity contribution in [1.82, 2.24) is 29.0 Å². The lowest BCUT2D eigenvalue weighted by atomic mass is 10.1. The topological polar surface area (TPSA) is 94.3 Å². The Hall–Kier alpha value is -4.34. The first-order chi connectivity index (χ1) is 16.7. The standard InChI is InChI=1S/C25H23F2N7O/c1-14(2)33(12-16-5-4-15(8-18(16)26)21-6-7-30-32(21)3)25(35)17-9-22-20(10-19(17)27)31-24(28)23-11-29-13-34(22)23/h4-11,13-14H,12H2,1-3H3,(H2,28,31). The van der Waals surface area contributed by atoms with Crippen molar-refractivity contribution in [3.05, 3.63) is 77.9 Å². The summed E-state index contributed by atoms with van der Waals surface area (Å²) in [5, 5.41) is 4.11. The number of amides is 1. The molecule has 35 heavy (non-hydrogen) atoms. The van der Waals surface area contributed by atoms with Crippen LogP contribution in [-0.4, -0.2) is 41.0 Å². The molecule has 0 atom stereocenters. The average molecular weight is 476 g/mol. The van der Waals surface area contributed by atoms with Gasteiger partial charge in [-0.1, -0.05) is 12.1 Å². The molecule has 0 saturated heterocycles. The van der Waals surface area contributed by atoms with Gasteiger partial charge in [0.15, 0.2) is 0 Å². The summed E-state index contributed by atoms with van der Waals surface area (Å²) in [5.74, 6) is -1.53. The molecule has 3 aromatic heterocycles. The molecule has 8 nitrogen and oxygen atoms in total. The molecule has 0 spiro atoms. The molecule has 0 bridgehead atoms. The van der Waals surface area contributed by atoms with E-state index in [0.29, 0.717) is 27.7 Å². The average Bonchev–Trinajstić information content (AvgIpc) is 3.47. The van der Waals surface area contributed by atoms with Gasteiger partial charge in [-0.15, -0.1) is 0 Å². The number of nitrogens with zero attached hydrogens (tertiary/aromatic N) is 6. The summed E-state index contributed by atoms with van der Waals surface area (Å²) < 4.78 is 33.4. The number of carbonyl (C=O) groups is 1. The molecule has 5 aromatic rings. The van der Waals surface area contributed by atoms with Crippen molar-refractivity contribution in [2.24, 2.45) is 7.05 Å². The SMILES string of the molecule is CC(C)N(Cc1ccc(-c2ccnn2C)cc1F)C(=O)c1cc2c(cc1F)nc(N)c1cncn12. The van der Waals surface area contributed by atoms with E-state index in [2.05, 4.69) is 15.1 Å². The summed E-state index contributed by atoms with van der Waals surface area (Å²) in [6.45, 7) is 3.58. The highest BCUT2D eigenvalue weighted by Crippen LogP contribution is 2.26. The second-order valence-electron chi connectivity index (χ2n) is 8.64. The number of nitrogen functional groups attached to an aromatic ring is 1. The zero-order chi connectivity index (χ0) is 24.9. The van der Waals surface area contributed by atoms with Gasteiger partial charge in [0.05, 0.1) is 34.8 Å². The molecule has 10 heteroatoms. The number of imidazole rings is 1. The second kappa shape index (κ2) is 8.46. The zero-order valence-electron chi connectivity index (χ0n) is 19.4. The number of nitrogens with two attached hydrogens (primary N) is 1. The lowest BCUT2D eigenvalue weighted by Crippen LogP contribution is -2.37. The third-order valence-electron chi connectivity index (χ3n) is 6.09. The molecular weight excluding hydrogens is 452 g/mol. The molecule has 5 rings (SSSR count). The largest absolute Gasteiger partial charge is 0.382 e. The number of benzene rings is 2. The zero-order valence-corrected chi connectivity index (χ0v) is 19.4. The normalized spacial score (nSPS) is 11.6. The molecule has 1 amide bonds. The number of aromatic nitrogens is 5. The summed E-state index contributed by atoms with van der Waals surface area (Å²) in [4.78, 5) is 23.2. The Balaban J connectivity index is 1.51. The van der Waals surface area contributed by atoms with Crippen LogP contribution in [0.25, 0.3) is 27.8 Å². The molecule has 0 radical (unpaired) electrons. The maximum Gasteiger partial charge on any atom is 0.257 e. The number of hydrogen-bond donors (Lipinski definition) is 1. The number of halogens is 2. The third-order valence-corrected chi connectivity index (χ3v) is 6.09. The molecule has 0 saturated carbocycles. The van der Waals surface area contributed by atoms with Gasteiger partial charge in [-0.2, -0.15) is 5.10 Å². The van der Waals surface area contributed by atoms with Crippen molar-refractivity contribution < 1.29 is 13.6 Å². The Morgan fingerprint density at radius 1 is 1.11 bits per heavy atom. The fraction of sp³-hybridized carbons (Fsp3) is 0.200. The molecule has 0 unspecified atom stereocenters. The highest BCUT2D eigenvalue weighted by atomic mass is 19.1. The molecule has 0 aliphatic carbocycles. The van der Waals surface area contributed by atoms with Crippen molar-refractivity contribution in [2.75, 3.05) is 5.73 Å². The van der Waals surface area contributed by atoms with Crippen LogP contribution < -0.4 is 5.73 Å². The van der Waals surface area contributed by atoms with E-state index in [4.69, 9.17) is 5.73 Å². The first-order valence-corrected chi connectivity index (χ1v) is 11.0. The minimum atomic E-state index is -0.730. The summed E-state index contributed by atoms with van der Waals surface area (Å²) in [7, 11) is 1.78. The van der Waals surface area contributed by atoms with Crippen LogP contribution in [0.3, 0.4) is 0 Å². The van der Waals surface area contributed by atoms with E-state index >= 15 is 8.78 Å². The van der Waals surface area contributed by atoms with Gasteiger partial charge in [-0.05, 0) is 32.0 Å². The van der Waals surface area contributed by atoms with Crippen molar-refractivity contribution in [3.8, 4) is 11.3 Å². The number of hydrogen-bond acceptors (Lipinski definition) is 5. The van der Waals surface area contributed by atoms with Gasteiger partial charge < -0.3 is 10.6 Å². The van der Waals surface area contributed by atoms with E-state index in [1.807, 2.05) is 0 Å². The van der Waals surface area contributed by atoms with Crippen LogP contribution in [0.4, 0.5) is 14.6 Å². The van der Waals surface area contributed by atoms with E-state index in [9.17, 15) is 4.79 Å². The summed E-state index contributed by atoms with van der Waals surface area (Å²) in [6, 6.07) is 8.93. The number of aryl methyl sites for hydroxylation is 1. The van der Waals surface area contributed by atoms with Crippen molar-refractivity contribution in [1.29, 1.82) is 0 Å². The van der Waals surface area contributed by atoms with Gasteiger partial charge in [0, 0.05) is 43.0 Å². The Bertz CT molecular complexity index is 1590. The van der Waals surface area contributed by atoms with Gasteiger partial charge in [0.25, 0.3) is 5.91 Å². The molecule has 0 aliphatic rings. The van der Waals surface area contributed by atoms with Gasteiger partial charge >= 0.3 is 0 Å². The predicted octanol–water partition coefficient (Wildman–Crippen LogP) is 4.19. The molecule has 2 N–H and O–H groups in total. The highest BCUT2D eigenvalue weighted by molar-refractivity contribution is 5.98. The van der Waals surface area contributed by atoms with Crippen LogP contribution in [-0.2, 0) is 13.6 Å². The van der Waals surface area contributed by atoms with Crippen LogP contribution in [0.5, 0.6) is 0 Å². The maximum atomic E-state index is 15.1. The van der Waals surface area contributed by atoms with Crippen LogP contribution in [0, 0.1) is 11.6 Å². The minimum Gasteiger partial charge on any atom is -0.382 e. The molecule has 0 fully saturated rings. The maximum absolute atomic E-state index is 15.1. The van der Waals surface area contributed by atoms with E-state index in [1.54, 1.807) is 60.6 Å². The van der Waals surface area contributed by atoms with E-state index < -0.39 is 17.5 Å². The smallest absolute Gasteiger partial charge is 0.257 e.